The number of halogens is 1. The molecule has 17 heavy (non-hydrogen) atoms. The first kappa shape index (κ1) is 14.1. The molecule has 0 aliphatic carbocycles. The molecule has 0 spiro atoms. The van der Waals surface area contributed by atoms with Crippen LogP contribution in [0.1, 0.15) is 39.5 Å². The maximum absolute atomic E-state index is 5.78. The molecule has 4 heteroatoms. The standard InChI is InChI=1S/C13H21ClN2O/c1-3-5-6-10(4-2)9-17-13-12(15)7-11(14)8-16-13/h7-8,10H,3-6,9,15H2,1-2H3. The lowest BCUT2D eigenvalue weighted by molar-refractivity contribution is 0.227. The molecule has 96 valence electrons. The minimum atomic E-state index is 0.490. The van der Waals surface area contributed by atoms with E-state index in [4.69, 9.17) is 22.1 Å². The number of anilines is 1. The van der Waals surface area contributed by atoms with Crippen molar-refractivity contribution in [2.45, 2.75) is 39.5 Å². The third-order valence-corrected chi connectivity index (χ3v) is 3.05. The van der Waals surface area contributed by atoms with Gasteiger partial charge in [-0.25, -0.2) is 4.98 Å². The first-order valence-electron chi connectivity index (χ1n) is 6.21. The highest BCUT2D eigenvalue weighted by molar-refractivity contribution is 6.30. The van der Waals surface area contributed by atoms with Crippen molar-refractivity contribution in [3.63, 3.8) is 0 Å². The van der Waals surface area contributed by atoms with E-state index < -0.39 is 0 Å². The van der Waals surface area contributed by atoms with Gasteiger partial charge in [0.15, 0.2) is 0 Å². The van der Waals surface area contributed by atoms with Gasteiger partial charge in [0, 0.05) is 6.20 Å². The molecule has 3 nitrogen and oxygen atoms in total. The van der Waals surface area contributed by atoms with Gasteiger partial charge in [0.1, 0.15) is 0 Å². The fraction of sp³-hybridized carbons (Fsp3) is 0.615. The lowest BCUT2D eigenvalue weighted by Crippen LogP contribution is -2.12. The van der Waals surface area contributed by atoms with Gasteiger partial charge in [0.2, 0.25) is 5.88 Å². The Morgan fingerprint density at radius 2 is 2.24 bits per heavy atom. The third-order valence-electron chi connectivity index (χ3n) is 2.84. The molecule has 0 fully saturated rings. The van der Waals surface area contributed by atoms with Crippen LogP contribution in [0.4, 0.5) is 5.69 Å². The minimum absolute atomic E-state index is 0.490. The molecule has 0 radical (unpaired) electrons. The van der Waals surface area contributed by atoms with Crippen molar-refractivity contribution < 1.29 is 4.74 Å². The molecule has 0 saturated heterocycles. The van der Waals surface area contributed by atoms with Crippen LogP contribution >= 0.6 is 11.6 Å². The highest BCUT2D eigenvalue weighted by Gasteiger charge is 2.09. The molecule has 1 aromatic heterocycles. The Morgan fingerprint density at radius 1 is 1.47 bits per heavy atom. The van der Waals surface area contributed by atoms with Crippen molar-refractivity contribution in [2.24, 2.45) is 5.92 Å². The molecule has 1 aromatic rings. The van der Waals surface area contributed by atoms with E-state index in [2.05, 4.69) is 18.8 Å². The summed E-state index contributed by atoms with van der Waals surface area (Å²) in [6, 6.07) is 1.66. The average Bonchev–Trinajstić information content (AvgIpc) is 2.31. The Kier molecular flexibility index (Phi) is 6.12. The molecule has 1 heterocycles. The summed E-state index contributed by atoms with van der Waals surface area (Å²) in [5.74, 6) is 1.07. The first-order valence-corrected chi connectivity index (χ1v) is 6.59. The van der Waals surface area contributed by atoms with Gasteiger partial charge in [0.05, 0.1) is 17.3 Å². The highest BCUT2D eigenvalue weighted by atomic mass is 35.5. The van der Waals surface area contributed by atoms with Crippen LogP contribution in [0.25, 0.3) is 0 Å². The van der Waals surface area contributed by atoms with Crippen LogP contribution in [0.2, 0.25) is 5.02 Å². The smallest absolute Gasteiger partial charge is 0.237 e. The maximum Gasteiger partial charge on any atom is 0.237 e. The van der Waals surface area contributed by atoms with Crippen LogP contribution in [-0.4, -0.2) is 11.6 Å². The Balaban J connectivity index is 2.47. The number of hydrogen-bond acceptors (Lipinski definition) is 3. The molecular formula is C13H21ClN2O. The number of unbranched alkanes of at least 4 members (excludes halogenated alkanes) is 1. The Hall–Kier alpha value is -0.960. The quantitative estimate of drug-likeness (QED) is 0.805. The van der Waals surface area contributed by atoms with Crippen LogP contribution < -0.4 is 10.5 Å². The molecule has 1 unspecified atom stereocenters. The number of nitrogen functional groups attached to an aromatic ring is 1. The summed E-state index contributed by atoms with van der Waals surface area (Å²) in [7, 11) is 0. The molecule has 0 amide bonds. The first-order chi connectivity index (χ1) is 8.17. The van der Waals surface area contributed by atoms with Gasteiger partial charge in [-0.1, -0.05) is 44.7 Å². The topological polar surface area (TPSA) is 48.1 Å². The van der Waals surface area contributed by atoms with Gasteiger partial charge >= 0.3 is 0 Å². The van der Waals surface area contributed by atoms with Gasteiger partial charge in [0.25, 0.3) is 0 Å². The van der Waals surface area contributed by atoms with Crippen LogP contribution in [0.3, 0.4) is 0 Å². The highest BCUT2D eigenvalue weighted by Crippen LogP contribution is 2.23. The predicted octanol–water partition coefficient (Wildman–Crippen LogP) is 3.91. The van der Waals surface area contributed by atoms with E-state index >= 15 is 0 Å². The summed E-state index contributed by atoms with van der Waals surface area (Å²) in [6.45, 7) is 5.06. The van der Waals surface area contributed by atoms with Gasteiger partial charge < -0.3 is 10.5 Å². The Labute approximate surface area is 108 Å². The van der Waals surface area contributed by atoms with Crippen molar-refractivity contribution in [3.05, 3.63) is 17.3 Å². The molecule has 1 rings (SSSR count). The zero-order valence-electron chi connectivity index (χ0n) is 10.6. The molecule has 0 saturated carbocycles. The van der Waals surface area contributed by atoms with E-state index in [0.717, 1.165) is 6.42 Å². The Morgan fingerprint density at radius 3 is 2.82 bits per heavy atom. The number of aromatic nitrogens is 1. The number of pyridine rings is 1. The van der Waals surface area contributed by atoms with E-state index in [1.165, 1.54) is 19.3 Å². The van der Waals surface area contributed by atoms with E-state index in [-0.39, 0.29) is 0 Å². The summed E-state index contributed by atoms with van der Waals surface area (Å²) >= 11 is 5.78. The molecule has 2 N–H and O–H groups in total. The van der Waals surface area contributed by atoms with E-state index in [1.807, 2.05) is 0 Å². The van der Waals surface area contributed by atoms with E-state index in [9.17, 15) is 0 Å². The van der Waals surface area contributed by atoms with Gasteiger partial charge in [-0.15, -0.1) is 0 Å². The molecule has 1 atom stereocenters. The van der Waals surface area contributed by atoms with Crippen LogP contribution in [0.15, 0.2) is 12.3 Å². The van der Waals surface area contributed by atoms with Crippen molar-refractivity contribution in [1.29, 1.82) is 0 Å². The molecule has 0 bridgehead atoms. The second-order valence-electron chi connectivity index (χ2n) is 4.28. The van der Waals surface area contributed by atoms with Gasteiger partial charge in [-0.2, -0.15) is 0 Å². The minimum Gasteiger partial charge on any atom is -0.476 e. The predicted molar refractivity (Wildman–Crippen MR) is 72.5 cm³/mol. The van der Waals surface area contributed by atoms with E-state index in [1.54, 1.807) is 12.3 Å². The zero-order chi connectivity index (χ0) is 12.7. The molecule has 0 aromatic carbocycles. The van der Waals surface area contributed by atoms with Gasteiger partial charge in [-0.05, 0) is 18.4 Å². The number of rotatable bonds is 7. The van der Waals surface area contributed by atoms with Crippen molar-refractivity contribution in [1.82, 2.24) is 4.98 Å². The summed E-state index contributed by atoms with van der Waals surface area (Å²) in [5, 5.41) is 0.535. The SMILES string of the molecule is CCCCC(CC)COc1ncc(Cl)cc1N. The second kappa shape index (κ2) is 7.38. The number of nitrogens with zero attached hydrogens (tertiary/aromatic N) is 1. The van der Waals surface area contributed by atoms with E-state index in [0.29, 0.717) is 29.1 Å². The normalized spacial score (nSPS) is 12.4. The Bertz CT molecular complexity index is 344. The van der Waals surface area contributed by atoms with Gasteiger partial charge in [-0.3, -0.25) is 0 Å². The fourth-order valence-electron chi connectivity index (χ4n) is 1.66. The summed E-state index contributed by atoms with van der Waals surface area (Å²) in [4.78, 5) is 4.09. The van der Waals surface area contributed by atoms with Crippen LogP contribution in [0.5, 0.6) is 5.88 Å². The molecule has 0 aliphatic heterocycles. The van der Waals surface area contributed by atoms with Crippen molar-refractivity contribution in [3.8, 4) is 5.88 Å². The number of hydrogen-bond donors (Lipinski definition) is 1. The fourth-order valence-corrected chi connectivity index (χ4v) is 1.82. The summed E-state index contributed by atoms with van der Waals surface area (Å²) in [6.07, 6.45) is 6.33. The van der Waals surface area contributed by atoms with Crippen LogP contribution in [0, 0.1) is 5.92 Å². The van der Waals surface area contributed by atoms with Crippen LogP contribution in [-0.2, 0) is 0 Å². The number of ether oxygens (including phenoxy) is 1. The maximum atomic E-state index is 5.78. The average molecular weight is 257 g/mol. The largest absolute Gasteiger partial charge is 0.476 e. The molecular weight excluding hydrogens is 236 g/mol. The molecule has 0 aliphatic rings. The second-order valence-corrected chi connectivity index (χ2v) is 4.71. The third kappa shape index (κ3) is 4.82. The lowest BCUT2D eigenvalue weighted by atomic mass is 10.0. The van der Waals surface area contributed by atoms with Crippen molar-refractivity contribution in [2.75, 3.05) is 12.3 Å². The monoisotopic (exact) mass is 256 g/mol. The lowest BCUT2D eigenvalue weighted by Gasteiger charge is -2.15. The number of nitrogens with two attached hydrogens (primary N) is 1. The summed E-state index contributed by atoms with van der Waals surface area (Å²) < 4.78 is 5.65. The zero-order valence-corrected chi connectivity index (χ0v) is 11.3. The van der Waals surface area contributed by atoms with Crippen molar-refractivity contribution >= 4 is 17.3 Å². The summed E-state index contributed by atoms with van der Waals surface area (Å²) in [5.41, 5.74) is 6.28.